The third-order valence-electron chi connectivity index (χ3n) is 6.45. The molecule has 0 saturated heterocycles. The number of hydrogen-bond acceptors (Lipinski definition) is 7. The molecule has 0 amide bonds. The van der Waals surface area contributed by atoms with E-state index in [0.717, 1.165) is 23.2 Å². The molecule has 37 heavy (non-hydrogen) atoms. The third kappa shape index (κ3) is 4.81. The van der Waals surface area contributed by atoms with E-state index in [1.807, 2.05) is 0 Å². The summed E-state index contributed by atoms with van der Waals surface area (Å²) in [6, 6.07) is 11.2. The molecule has 0 bridgehead atoms. The first kappa shape index (κ1) is 24.5. The van der Waals surface area contributed by atoms with Crippen molar-refractivity contribution >= 4 is 17.5 Å². The van der Waals surface area contributed by atoms with Crippen LogP contribution in [0.2, 0.25) is 0 Å². The zero-order chi connectivity index (χ0) is 26.3. The molecule has 4 aromatic rings. The number of anilines is 3. The third-order valence-corrected chi connectivity index (χ3v) is 6.45. The first-order valence-corrected chi connectivity index (χ1v) is 11.7. The molecule has 2 N–H and O–H groups in total. The molecule has 0 unspecified atom stereocenters. The van der Waals surface area contributed by atoms with Crippen molar-refractivity contribution in [3.63, 3.8) is 0 Å². The van der Waals surface area contributed by atoms with E-state index < -0.39 is 6.61 Å². The fraction of sp³-hybridized carbons (Fsp3) is 0.308. The van der Waals surface area contributed by atoms with E-state index in [2.05, 4.69) is 39.5 Å². The fourth-order valence-corrected chi connectivity index (χ4v) is 4.88. The van der Waals surface area contributed by atoms with E-state index in [1.165, 1.54) is 29.2 Å². The van der Waals surface area contributed by atoms with Crippen molar-refractivity contribution in [2.24, 2.45) is 0 Å². The smallest absolute Gasteiger partial charge is 0.387 e. The molecule has 11 heteroatoms. The van der Waals surface area contributed by atoms with Crippen LogP contribution in [0.3, 0.4) is 0 Å². The summed E-state index contributed by atoms with van der Waals surface area (Å²) < 4.78 is 46.1. The molecule has 192 valence electrons. The van der Waals surface area contributed by atoms with Crippen LogP contribution in [0.5, 0.6) is 5.75 Å². The number of alkyl halides is 2. The Morgan fingerprint density at radius 1 is 1.11 bits per heavy atom. The SMILES string of the molecule is CNc1nc(Nc2ccc(-n3cnc(C)n3)c(OC(F)F)c2)nc2c1C(C)(C)C[C@H]2c1ccc(F)cc1. The lowest BCUT2D eigenvalue weighted by Crippen LogP contribution is -2.16. The number of aryl methyl sites for hydroxylation is 1. The van der Waals surface area contributed by atoms with Crippen LogP contribution in [0.25, 0.3) is 5.69 Å². The normalized spacial score (nSPS) is 16.1. The molecule has 2 aromatic carbocycles. The lowest BCUT2D eigenvalue weighted by molar-refractivity contribution is -0.0498. The molecule has 0 aliphatic heterocycles. The van der Waals surface area contributed by atoms with Crippen LogP contribution < -0.4 is 15.4 Å². The highest BCUT2D eigenvalue weighted by Gasteiger charge is 2.41. The molecule has 1 aliphatic rings. The molecule has 0 radical (unpaired) electrons. The van der Waals surface area contributed by atoms with Crippen molar-refractivity contribution in [3.05, 3.63) is 77.3 Å². The number of ether oxygens (including phenoxy) is 1. The van der Waals surface area contributed by atoms with Gasteiger partial charge >= 0.3 is 6.61 Å². The summed E-state index contributed by atoms with van der Waals surface area (Å²) in [4.78, 5) is 13.5. The minimum absolute atomic E-state index is 0.0584. The summed E-state index contributed by atoms with van der Waals surface area (Å²) in [5.74, 6) is 1.02. The summed E-state index contributed by atoms with van der Waals surface area (Å²) in [7, 11) is 1.79. The molecular weight excluding hydrogens is 483 g/mol. The van der Waals surface area contributed by atoms with Crippen LogP contribution >= 0.6 is 0 Å². The zero-order valence-electron chi connectivity index (χ0n) is 20.8. The van der Waals surface area contributed by atoms with Gasteiger partial charge in [-0.25, -0.2) is 19.0 Å². The second kappa shape index (κ2) is 9.38. The van der Waals surface area contributed by atoms with Gasteiger partial charge in [0.25, 0.3) is 0 Å². The summed E-state index contributed by atoms with van der Waals surface area (Å²) in [6.45, 7) is 2.94. The maximum absolute atomic E-state index is 13.6. The average Bonchev–Trinajstić information content (AvgIpc) is 3.39. The summed E-state index contributed by atoms with van der Waals surface area (Å²) >= 11 is 0. The van der Waals surface area contributed by atoms with Crippen LogP contribution in [0.1, 0.15) is 48.8 Å². The molecule has 8 nitrogen and oxygen atoms in total. The molecule has 5 rings (SSSR count). The molecule has 0 spiro atoms. The average molecular weight is 510 g/mol. The van der Waals surface area contributed by atoms with Gasteiger partial charge in [-0.2, -0.15) is 18.9 Å². The van der Waals surface area contributed by atoms with Crippen molar-refractivity contribution in [2.45, 2.75) is 45.1 Å². The second-order valence-electron chi connectivity index (χ2n) is 9.52. The van der Waals surface area contributed by atoms with Gasteiger partial charge in [0.1, 0.15) is 29.5 Å². The van der Waals surface area contributed by atoms with Crippen molar-refractivity contribution in [1.29, 1.82) is 0 Å². The van der Waals surface area contributed by atoms with Gasteiger partial charge in [-0.3, -0.25) is 0 Å². The number of nitrogens with one attached hydrogen (secondary N) is 2. The number of fused-ring (bicyclic) bond motifs is 1. The van der Waals surface area contributed by atoms with Gasteiger partial charge in [0, 0.05) is 30.3 Å². The highest BCUT2D eigenvalue weighted by atomic mass is 19.3. The molecule has 2 aromatic heterocycles. The maximum Gasteiger partial charge on any atom is 0.387 e. The number of halogens is 3. The zero-order valence-corrected chi connectivity index (χ0v) is 20.8. The molecular formula is C26H26F3N7O. The predicted molar refractivity (Wildman–Crippen MR) is 133 cm³/mol. The molecule has 0 saturated carbocycles. The minimum atomic E-state index is -3.02. The molecule has 0 fully saturated rings. The van der Waals surface area contributed by atoms with E-state index in [1.54, 1.807) is 38.2 Å². The van der Waals surface area contributed by atoms with Gasteiger partial charge in [0.05, 0.1) is 5.69 Å². The maximum atomic E-state index is 13.6. The van der Waals surface area contributed by atoms with E-state index in [-0.39, 0.29) is 22.9 Å². The van der Waals surface area contributed by atoms with E-state index >= 15 is 0 Å². The molecule has 1 aliphatic carbocycles. The van der Waals surface area contributed by atoms with Crippen LogP contribution in [0, 0.1) is 12.7 Å². The van der Waals surface area contributed by atoms with Crippen molar-refractivity contribution in [2.75, 3.05) is 17.7 Å². The summed E-state index contributed by atoms with van der Waals surface area (Å²) in [6.07, 6.45) is 2.20. The number of benzene rings is 2. The Hall–Kier alpha value is -4.15. The summed E-state index contributed by atoms with van der Waals surface area (Å²) in [5, 5.41) is 10.5. The molecule has 1 atom stereocenters. The molecule has 2 heterocycles. The van der Waals surface area contributed by atoms with Crippen molar-refractivity contribution in [3.8, 4) is 11.4 Å². The Balaban J connectivity index is 1.54. The summed E-state index contributed by atoms with van der Waals surface area (Å²) in [5.41, 5.74) is 3.33. The topological polar surface area (TPSA) is 89.8 Å². The Bertz CT molecular complexity index is 1440. The Kier molecular flexibility index (Phi) is 6.22. The number of hydrogen-bond donors (Lipinski definition) is 2. The van der Waals surface area contributed by atoms with E-state index in [9.17, 15) is 13.2 Å². The quantitative estimate of drug-likeness (QED) is 0.330. The number of aromatic nitrogens is 5. The van der Waals surface area contributed by atoms with Gasteiger partial charge < -0.3 is 15.4 Å². The van der Waals surface area contributed by atoms with Gasteiger partial charge in [-0.1, -0.05) is 26.0 Å². The number of nitrogens with zero attached hydrogens (tertiary/aromatic N) is 5. The second-order valence-corrected chi connectivity index (χ2v) is 9.52. The standard InChI is InChI=1S/C26H26F3N7O/c1-14-31-13-36(35-14)19-10-9-17(11-20(19)37-24(28)29)32-25-33-22-18(15-5-7-16(27)8-6-15)12-26(2,3)21(22)23(30-4)34-25/h5-11,13,18,24H,12H2,1-4H3,(H2,30,32,33,34)/t18-/m0/s1. The van der Waals surface area contributed by atoms with Crippen LogP contribution in [0.4, 0.5) is 30.6 Å². The lowest BCUT2D eigenvalue weighted by Gasteiger charge is -2.21. The Morgan fingerprint density at radius 2 is 1.86 bits per heavy atom. The van der Waals surface area contributed by atoms with Crippen molar-refractivity contribution in [1.82, 2.24) is 24.7 Å². The first-order chi connectivity index (χ1) is 17.6. The van der Waals surface area contributed by atoms with Crippen LogP contribution in [0.15, 0.2) is 48.8 Å². The van der Waals surface area contributed by atoms with Crippen LogP contribution in [-0.4, -0.2) is 38.4 Å². The Morgan fingerprint density at radius 3 is 2.51 bits per heavy atom. The highest BCUT2D eigenvalue weighted by molar-refractivity contribution is 5.65. The van der Waals surface area contributed by atoms with Crippen molar-refractivity contribution < 1.29 is 17.9 Å². The monoisotopic (exact) mass is 509 g/mol. The first-order valence-electron chi connectivity index (χ1n) is 11.7. The largest absolute Gasteiger partial charge is 0.432 e. The van der Waals surface area contributed by atoms with E-state index in [0.29, 0.717) is 29.0 Å². The fourth-order valence-electron chi connectivity index (χ4n) is 4.88. The van der Waals surface area contributed by atoms with Gasteiger partial charge in [0.15, 0.2) is 5.75 Å². The van der Waals surface area contributed by atoms with Gasteiger partial charge in [-0.05, 0) is 48.6 Å². The highest BCUT2D eigenvalue weighted by Crippen LogP contribution is 2.50. The van der Waals surface area contributed by atoms with Gasteiger partial charge in [-0.15, -0.1) is 0 Å². The lowest BCUT2D eigenvalue weighted by atomic mass is 9.85. The van der Waals surface area contributed by atoms with Crippen LogP contribution in [-0.2, 0) is 5.41 Å². The van der Waals surface area contributed by atoms with Gasteiger partial charge in [0.2, 0.25) is 5.95 Å². The predicted octanol–water partition coefficient (Wildman–Crippen LogP) is 5.70. The van der Waals surface area contributed by atoms with E-state index in [4.69, 9.17) is 9.72 Å². The number of rotatable bonds is 7. The Labute approximate surface area is 211 Å². The minimum Gasteiger partial charge on any atom is -0.432 e.